The van der Waals surface area contributed by atoms with E-state index in [0.29, 0.717) is 0 Å². The molecular formula is C14H14N4. The van der Waals surface area contributed by atoms with Gasteiger partial charge in [0.2, 0.25) is 0 Å². The molecule has 4 nitrogen and oxygen atoms in total. The summed E-state index contributed by atoms with van der Waals surface area (Å²) >= 11 is 0. The Morgan fingerprint density at radius 1 is 1.17 bits per heavy atom. The summed E-state index contributed by atoms with van der Waals surface area (Å²) in [5.41, 5.74) is 5.67. The molecule has 18 heavy (non-hydrogen) atoms. The first-order valence-electron chi connectivity index (χ1n) is 6.40. The molecule has 4 heterocycles. The second-order valence-electron chi connectivity index (χ2n) is 4.80. The van der Waals surface area contributed by atoms with Crippen molar-refractivity contribution < 1.29 is 0 Å². The van der Waals surface area contributed by atoms with E-state index in [1.54, 1.807) is 12.4 Å². The lowest BCUT2D eigenvalue weighted by Gasteiger charge is -2.16. The number of nitrogens with one attached hydrogen (secondary N) is 1. The molecule has 90 valence electrons. The lowest BCUT2D eigenvalue weighted by atomic mass is 10.1. The van der Waals surface area contributed by atoms with Gasteiger partial charge in [0.25, 0.3) is 0 Å². The summed E-state index contributed by atoms with van der Waals surface area (Å²) in [7, 11) is 0. The van der Waals surface area contributed by atoms with Crippen LogP contribution in [-0.2, 0) is 13.0 Å². The van der Waals surface area contributed by atoms with Gasteiger partial charge in [0.15, 0.2) is 5.65 Å². The lowest BCUT2D eigenvalue weighted by molar-refractivity contribution is 0.534. The van der Waals surface area contributed by atoms with Gasteiger partial charge in [-0.3, -0.25) is 4.98 Å². The van der Waals surface area contributed by atoms with E-state index in [9.17, 15) is 0 Å². The van der Waals surface area contributed by atoms with Crippen LogP contribution in [0.3, 0.4) is 0 Å². The Balaban J connectivity index is 1.89. The molecule has 0 saturated heterocycles. The first-order chi connectivity index (χ1) is 8.92. The molecule has 0 amide bonds. The number of hydrogen-bond donors (Lipinski definition) is 1. The molecule has 0 spiro atoms. The van der Waals surface area contributed by atoms with E-state index in [2.05, 4.69) is 37.8 Å². The van der Waals surface area contributed by atoms with E-state index in [1.165, 1.54) is 30.5 Å². The molecule has 1 N–H and O–H groups in total. The van der Waals surface area contributed by atoms with Crippen molar-refractivity contribution in [1.82, 2.24) is 19.5 Å². The van der Waals surface area contributed by atoms with E-state index >= 15 is 0 Å². The predicted octanol–water partition coefficient (Wildman–Crippen LogP) is 2.76. The number of aryl methyl sites for hydroxylation is 1. The zero-order valence-corrected chi connectivity index (χ0v) is 10.1. The summed E-state index contributed by atoms with van der Waals surface area (Å²) in [4.78, 5) is 12.0. The fraction of sp³-hybridized carbons (Fsp3) is 0.286. The molecule has 4 rings (SSSR count). The fourth-order valence-corrected chi connectivity index (χ4v) is 2.81. The Morgan fingerprint density at radius 2 is 2.11 bits per heavy atom. The molecular weight excluding hydrogens is 224 g/mol. The molecule has 0 fully saturated rings. The molecule has 0 bridgehead atoms. The van der Waals surface area contributed by atoms with Crippen molar-refractivity contribution >= 4 is 11.2 Å². The SMILES string of the molecule is c1cnc2[nH]c(-c3ccn4c3CCCC4)cc2n1. The maximum atomic E-state index is 4.32. The third kappa shape index (κ3) is 1.38. The van der Waals surface area contributed by atoms with Crippen LogP contribution in [0.5, 0.6) is 0 Å². The van der Waals surface area contributed by atoms with Gasteiger partial charge in [0.1, 0.15) is 5.52 Å². The Bertz CT molecular complexity index is 674. The maximum Gasteiger partial charge on any atom is 0.156 e. The second kappa shape index (κ2) is 3.70. The van der Waals surface area contributed by atoms with E-state index < -0.39 is 0 Å². The van der Waals surface area contributed by atoms with Crippen LogP contribution in [0.4, 0.5) is 0 Å². The number of aromatic amines is 1. The van der Waals surface area contributed by atoms with Gasteiger partial charge in [-0.1, -0.05) is 0 Å². The number of fused-ring (bicyclic) bond motifs is 2. The van der Waals surface area contributed by atoms with Gasteiger partial charge in [-0.05, 0) is 31.4 Å². The summed E-state index contributed by atoms with van der Waals surface area (Å²) in [5.74, 6) is 0. The Morgan fingerprint density at radius 3 is 3.06 bits per heavy atom. The van der Waals surface area contributed by atoms with E-state index in [1.807, 2.05) is 0 Å². The van der Waals surface area contributed by atoms with Crippen molar-refractivity contribution in [3.63, 3.8) is 0 Å². The van der Waals surface area contributed by atoms with Crippen LogP contribution >= 0.6 is 0 Å². The Labute approximate surface area is 105 Å². The molecule has 1 aliphatic rings. The number of rotatable bonds is 1. The van der Waals surface area contributed by atoms with Crippen LogP contribution in [0.2, 0.25) is 0 Å². The van der Waals surface area contributed by atoms with Crippen molar-refractivity contribution in [1.29, 1.82) is 0 Å². The van der Waals surface area contributed by atoms with E-state index in [4.69, 9.17) is 0 Å². The summed E-state index contributed by atoms with van der Waals surface area (Å²) in [6.07, 6.45) is 9.38. The molecule has 3 aromatic rings. The van der Waals surface area contributed by atoms with Crippen molar-refractivity contribution in [3.8, 4) is 11.3 Å². The molecule has 0 saturated carbocycles. The zero-order valence-electron chi connectivity index (χ0n) is 10.1. The van der Waals surface area contributed by atoms with Gasteiger partial charge < -0.3 is 9.55 Å². The lowest BCUT2D eigenvalue weighted by Crippen LogP contribution is -2.09. The fourth-order valence-electron chi connectivity index (χ4n) is 2.81. The average Bonchev–Trinajstić information content (AvgIpc) is 3.02. The minimum absolute atomic E-state index is 0.864. The standard InChI is InChI=1S/C14H14N4/c1-2-7-18-8-4-10(13(18)3-1)11-9-12-14(17-11)16-6-5-15-12/h4-6,8-9H,1-3,7H2,(H,16,17). The van der Waals surface area contributed by atoms with Gasteiger partial charge >= 0.3 is 0 Å². The van der Waals surface area contributed by atoms with Crippen LogP contribution in [0, 0.1) is 0 Å². The second-order valence-corrected chi connectivity index (χ2v) is 4.80. The van der Waals surface area contributed by atoms with Crippen molar-refractivity contribution in [2.45, 2.75) is 25.8 Å². The number of nitrogens with zero attached hydrogens (tertiary/aromatic N) is 3. The highest BCUT2D eigenvalue weighted by Crippen LogP contribution is 2.29. The van der Waals surface area contributed by atoms with E-state index in [-0.39, 0.29) is 0 Å². The maximum absolute atomic E-state index is 4.32. The first kappa shape index (κ1) is 9.88. The minimum Gasteiger partial charge on any atom is -0.351 e. The van der Waals surface area contributed by atoms with Gasteiger partial charge in [0, 0.05) is 36.4 Å². The summed E-state index contributed by atoms with van der Waals surface area (Å²) in [5, 5.41) is 0. The van der Waals surface area contributed by atoms with Crippen LogP contribution in [-0.4, -0.2) is 19.5 Å². The topological polar surface area (TPSA) is 46.5 Å². The number of aromatic nitrogens is 4. The molecule has 0 radical (unpaired) electrons. The summed E-state index contributed by atoms with van der Waals surface area (Å²) in [6.45, 7) is 1.14. The third-order valence-corrected chi connectivity index (χ3v) is 3.69. The molecule has 1 aliphatic heterocycles. The molecule has 0 atom stereocenters. The zero-order chi connectivity index (χ0) is 11.9. The van der Waals surface area contributed by atoms with Gasteiger partial charge in [0.05, 0.1) is 5.69 Å². The predicted molar refractivity (Wildman–Crippen MR) is 70.3 cm³/mol. The smallest absolute Gasteiger partial charge is 0.156 e. The Hall–Kier alpha value is -2.10. The van der Waals surface area contributed by atoms with Crippen molar-refractivity contribution in [2.24, 2.45) is 0 Å². The van der Waals surface area contributed by atoms with Gasteiger partial charge in [-0.25, -0.2) is 4.98 Å². The normalized spacial score (nSPS) is 14.9. The highest BCUT2D eigenvalue weighted by molar-refractivity contribution is 5.80. The minimum atomic E-state index is 0.864. The molecule has 4 heteroatoms. The van der Waals surface area contributed by atoms with E-state index in [0.717, 1.165) is 23.4 Å². The third-order valence-electron chi connectivity index (χ3n) is 3.69. The van der Waals surface area contributed by atoms with Crippen molar-refractivity contribution in [2.75, 3.05) is 0 Å². The summed E-state index contributed by atoms with van der Waals surface area (Å²) in [6, 6.07) is 4.29. The van der Waals surface area contributed by atoms with Gasteiger partial charge in [-0.15, -0.1) is 0 Å². The monoisotopic (exact) mass is 238 g/mol. The van der Waals surface area contributed by atoms with Crippen LogP contribution < -0.4 is 0 Å². The Kier molecular flexibility index (Phi) is 2.03. The number of H-pyrrole nitrogens is 1. The van der Waals surface area contributed by atoms with Crippen LogP contribution in [0.25, 0.3) is 22.4 Å². The molecule has 0 aromatic carbocycles. The van der Waals surface area contributed by atoms with Crippen LogP contribution in [0.1, 0.15) is 18.5 Å². The first-order valence-corrected chi connectivity index (χ1v) is 6.40. The highest BCUT2D eigenvalue weighted by Gasteiger charge is 2.16. The molecule has 0 aliphatic carbocycles. The quantitative estimate of drug-likeness (QED) is 0.708. The van der Waals surface area contributed by atoms with Gasteiger partial charge in [-0.2, -0.15) is 0 Å². The molecule has 0 unspecified atom stereocenters. The van der Waals surface area contributed by atoms with Crippen LogP contribution in [0.15, 0.2) is 30.7 Å². The number of hydrogen-bond acceptors (Lipinski definition) is 2. The van der Waals surface area contributed by atoms with Crippen molar-refractivity contribution in [3.05, 3.63) is 36.4 Å². The summed E-state index contributed by atoms with van der Waals surface area (Å²) < 4.78 is 2.37. The molecule has 3 aromatic heterocycles. The highest BCUT2D eigenvalue weighted by atomic mass is 15.0. The average molecular weight is 238 g/mol. The largest absolute Gasteiger partial charge is 0.351 e.